The number of pyridine rings is 1. The van der Waals surface area contributed by atoms with E-state index >= 15 is 0 Å². The molecule has 0 bridgehead atoms. The molecule has 1 aromatic carbocycles. The van der Waals surface area contributed by atoms with Crippen LogP contribution in [0.2, 0.25) is 0 Å². The molecular formula is C20H20FN7O. The van der Waals surface area contributed by atoms with Gasteiger partial charge in [0, 0.05) is 38.1 Å². The summed E-state index contributed by atoms with van der Waals surface area (Å²) in [5.74, 6) is 1.68. The fourth-order valence-corrected chi connectivity index (χ4v) is 3.04. The highest BCUT2D eigenvalue weighted by Crippen LogP contribution is 2.17. The average Bonchev–Trinajstić information content (AvgIpc) is 2.75. The minimum Gasteiger partial charge on any atom is -0.352 e. The topological polar surface area (TPSA) is 86.3 Å². The van der Waals surface area contributed by atoms with Crippen LogP contribution in [0.5, 0.6) is 0 Å². The number of piperazine rings is 1. The highest BCUT2D eigenvalue weighted by atomic mass is 19.1. The van der Waals surface area contributed by atoms with Crippen LogP contribution in [-0.4, -0.2) is 52.3 Å². The van der Waals surface area contributed by atoms with Crippen molar-refractivity contribution >= 4 is 29.2 Å². The Bertz CT molecular complexity index is 960. The molecule has 4 rings (SSSR count). The highest BCUT2D eigenvalue weighted by molar-refractivity contribution is 5.89. The predicted octanol–water partition coefficient (Wildman–Crippen LogP) is 3.11. The second-order valence-corrected chi connectivity index (χ2v) is 6.53. The lowest BCUT2D eigenvalue weighted by Gasteiger charge is -2.35. The van der Waals surface area contributed by atoms with Crippen molar-refractivity contribution in [1.82, 2.24) is 20.1 Å². The Balaban J connectivity index is 1.30. The molecule has 2 aromatic heterocycles. The summed E-state index contributed by atoms with van der Waals surface area (Å²) in [5.41, 5.74) is 0.444. The van der Waals surface area contributed by atoms with Crippen LogP contribution in [-0.2, 0) is 0 Å². The molecule has 0 atom stereocenters. The smallest absolute Gasteiger partial charge is 0.321 e. The summed E-state index contributed by atoms with van der Waals surface area (Å²) in [7, 11) is 0. The lowest BCUT2D eigenvalue weighted by atomic mass is 10.3. The molecule has 148 valence electrons. The first-order chi connectivity index (χ1) is 14.2. The summed E-state index contributed by atoms with van der Waals surface area (Å²) in [6.07, 6.45) is 1.70. The van der Waals surface area contributed by atoms with E-state index in [0.717, 1.165) is 5.82 Å². The molecule has 0 radical (unpaired) electrons. The Morgan fingerprint density at radius 1 is 0.931 bits per heavy atom. The van der Waals surface area contributed by atoms with Crippen molar-refractivity contribution in [1.29, 1.82) is 0 Å². The van der Waals surface area contributed by atoms with E-state index in [2.05, 4.69) is 30.7 Å². The van der Waals surface area contributed by atoms with Crippen molar-refractivity contribution in [2.45, 2.75) is 0 Å². The zero-order valence-electron chi connectivity index (χ0n) is 15.6. The van der Waals surface area contributed by atoms with Crippen molar-refractivity contribution in [2.75, 3.05) is 41.7 Å². The number of nitrogens with one attached hydrogen (secondary N) is 2. The van der Waals surface area contributed by atoms with E-state index in [4.69, 9.17) is 0 Å². The number of halogens is 1. The van der Waals surface area contributed by atoms with Crippen molar-refractivity contribution in [2.24, 2.45) is 0 Å². The first-order valence-electron chi connectivity index (χ1n) is 9.25. The number of hydrogen-bond donors (Lipinski definition) is 2. The van der Waals surface area contributed by atoms with Gasteiger partial charge in [-0.2, -0.15) is 0 Å². The lowest BCUT2D eigenvalue weighted by molar-refractivity contribution is 0.208. The van der Waals surface area contributed by atoms with Crippen LogP contribution in [0.1, 0.15) is 0 Å². The second-order valence-electron chi connectivity index (χ2n) is 6.53. The van der Waals surface area contributed by atoms with E-state index in [1.807, 2.05) is 30.3 Å². The molecular weight excluding hydrogens is 373 g/mol. The van der Waals surface area contributed by atoms with E-state index in [-0.39, 0.29) is 11.8 Å². The maximum absolute atomic E-state index is 13.3. The molecule has 1 aliphatic rings. The second kappa shape index (κ2) is 8.51. The van der Waals surface area contributed by atoms with Gasteiger partial charge >= 0.3 is 6.03 Å². The predicted molar refractivity (Wildman–Crippen MR) is 109 cm³/mol. The summed E-state index contributed by atoms with van der Waals surface area (Å²) < 4.78 is 13.3. The van der Waals surface area contributed by atoms with Crippen LogP contribution in [0.3, 0.4) is 0 Å². The number of nitrogens with zero attached hydrogens (tertiary/aromatic N) is 5. The maximum Gasteiger partial charge on any atom is 0.321 e. The third-order valence-corrected chi connectivity index (χ3v) is 4.54. The molecule has 0 unspecified atom stereocenters. The van der Waals surface area contributed by atoms with Crippen LogP contribution in [0.25, 0.3) is 0 Å². The molecule has 29 heavy (non-hydrogen) atoms. The van der Waals surface area contributed by atoms with Gasteiger partial charge in [0.15, 0.2) is 11.6 Å². The summed E-state index contributed by atoms with van der Waals surface area (Å²) in [5, 5.41) is 14.3. The molecule has 0 aliphatic carbocycles. The largest absolute Gasteiger partial charge is 0.352 e. The molecule has 0 saturated carbocycles. The summed E-state index contributed by atoms with van der Waals surface area (Å²) in [4.78, 5) is 20.3. The van der Waals surface area contributed by atoms with Gasteiger partial charge < -0.3 is 20.4 Å². The monoisotopic (exact) mass is 393 g/mol. The Morgan fingerprint density at radius 2 is 1.79 bits per heavy atom. The van der Waals surface area contributed by atoms with E-state index in [1.54, 1.807) is 23.2 Å². The van der Waals surface area contributed by atoms with E-state index in [1.165, 1.54) is 12.1 Å². The lowest BCUT2D eigenvalue weighted by Crippen LogP contribution is -2.50. The molecule has 1 saturated heterocycles. The standard InChI is InChI=1S/C20H20FN7O/c21-15-4-3-5-16(14-15)23-20(29)28-12-10-27(11-13-28)19-8-7-18(25-26-19)24-17-6-1-2-9-22-17/h1-9,14H,10-13H2,(H,23,29)(H,22,24,25). The zero-order valence-corrected chi connectivity index (χ0v) is 15.6. The quantitative estimate of drug-likeness (QED) is 0.708. The summed E-state index contributed by atoms with van der Waals surface area (Å²) in [6, 6.07) is 14.9. The highest BCUT2D eigenvalue weighted by Gasteiger charge is 2.22. The molecule has 9 heteroatoms. The number of carbonyl (C=O) groups excluding carboxylic acids is 1. The minimum atomic E-state index is -0.382. The Morgan fingerprint density at radius 3 is 2.48 bits per heavy atom. The van der Waals surface area contributed by atoms with E-state index < -0.39 is 0 Å². The number of rotatable bonds is 4. The molecule has 0 spiro atoms. The fraction of sp³-hybridized carbons (Fsp3) is 0.200. The molecule has 1 aliphatic heterocycles. The Labute approximate surface area is 167 Å². The number of carbonyl (C=O) groups is 1. The third kappa shape index (κ3) is 4.75. The van der Waals surface area contributed by atoms with Gasteiger partial charge in [0.05, 0.1) is 0 Å². The Kier molecular flexibility index (Phi) is 5.46. The third-order valence-electron chi connectivity index (χ3n) is 4.54. The van der Waals surface area contributed by atoms with Gasteiger partial charge in [0.25, 0.3) is 0 Å². The van der Waals surface area contributed by atoms with Gasteiger partial charge in [-0.15, -0.1) is 10.2 Å². The van der Waals surface area contributed by atoms with Gasteiger partial charge in [-0.25, -0.2) is 14.2 Å². The summed E-state index contributed by atoms with van der Waals surface area (Å²) in [6.45, 7) is 2.35. The van der Waals surface area contributed by atoms with Crippen LogP contribution in [0.4, 0.5) is 32.3 Å². The first kappa shape index (κ1) is 18.6. The van der Waals surface area contributed by atoms with Crippen molar-refractivity contribution in [3.8, 4) is 0 Å². The van der Waals surface area contributed by atoms with Crippen LogP contribution < -0.4 is 15.5 Å². The van der Waals surface area contributed by atoms with Gasteiger partial charge in [-0.1, -0.05) is 12.1 Å². The number of hydrogen-bond acceptors (Lipinski definition) is 6. The number of aromatic nitrogens is 3. The van der Waals surface area contributed by atoms with Gasteiger partial charge in [-0.05, 0) is 42.5 Å². The number of anilines is 4. The molecule has 2 N–H and O–H groups in total. The molecule has 3 heterocycles. The summed E-state index contributed by atoms with van der Waals surface area (Å²) >= 11 is 0. The number of benzene rings is 1. The molecule has 2 amide bonds. The fourth-order valence-electron chi connectivity index (χ4n) is 3.04. The number of amides is 2. The van der Waals surface area contributed by atoms with Crippen molar-refractivity contribution in [3.05, 3.63) is 66.6 Å². The van der Waals surface area contributed by atoms with Crippen LogP contribution in [0, 0.1) is 5.82 Å². The van der Waals surface area contributed by atoms with Crippen molar-refractivity contribution in [3.63, 3.8) is 0 Å². The minimum absolute atomic E-state index is 0.240. The van der Waals surface area contributed by atoms with E-state index in [9.17, 15) is 9.18 Å². The van der Waals surface area contributed by atoms with Gasteiger partial charge in [0.1, 0.15) is 11.6 Å². The zero-order chi connectivity index (χ0) is 20.1. The number of urea groups is 1. The molecule has 1 fully saturated rings. The van der Waals surface area contributed by atoms with Crippen LogP contribution >= 0.6 is 0 Å². The normalized spacial score (nSPS) is 13.8. The van der Waals surface area contributed by atoms with Gasteiger partial charge in [0.2, 0.25) is 0 Å². The SMILES string of the molecule is O=C(Nc1cccc(F)c1)N1CCN(c2ccc(Nc3ccccn3)nn2)CC1. The van der Waals surface area contributed by atoms with Gasteiger partial charge in [-0.3, -0.25) is 0 Å². The van der Waals surface area contributed by atoms with Crippen molar-refractivity contribution < 1.29 is 9.18 Å². The van der Waals surface area contributed by atoms with Crippen LogP contribution in [0.15, 0.2) is 60.8 Å². The molecule has 8 nitrogen and oxygen atoms in total. The van der Waals surface area contributed by atoms with E-state index in [0.29, 0.717) is 43.5 Å². The first-order valence-corrected chi connectivity index (χ1v) is 9.25. The average molecular weight is 393 g/mol. The maximum atomic E-state index is 13.3. The molecule has 3 aromatic rings. The Hall–Kier alpha value is -3.75.